The number of piperidine rings is 1. The molecule has 140 valence electrons. The van der Waals surface area contributed by atoms with Crippen LogP contribution >= 0.6 is 0 Å². The fraction of sp³-hybridized carbons (Fsp3) is 0.667. The number of methoxy groups -OCH3 is 1. The summed E-state index contributed by atoms with van der Waals surface area (Å²) in [6.07, 6.45) is 5.39. The van der Waals surface area contributed by atoms with Crippen molar-refractivity contribution in [2.75, 3.05) is 20.2 Å². The van der Waals surface area contributed by atoms with Crippen molar-refractivity contribution >= 4 is 5.78 Å². The summed E-state index contributed by atoms with van der Waals surface area (Å²) in [6, 6.07) is 3.69. The summed E-state index contributed by atoms with van der Waals surface area (Å²) in [6.45, 7) is 1.95. The molecule has 0 unspecified atom stereocenters. The number of aliphatic hydroxyl groups is 1. The van der Waals surface area contributed by atoms with Crippen molar-refractivity contribution in [3.63, 3.8) is 0 Å². The van der Waals surface area contributed by atoms with Gasteiger partial charge in [-0.1, -0.05) is 6.07 Å². The van der Waals surface area contributed by atoms with E-state index in [9.17, 15) is 15.0 Å². The molecule has 0 spiro atoms. The Hall–Kier alpha value is -1.59. The van der Waals surface area contributed by atoms with Crippen molar-refractivity contribution in [1.82, 2.24) is 4.90 Å². The van der Waals surface area contributed by atoms with E-state index in [0.29, 0.717) is 25.0 Å². The van der Waals surface area contributed by atoms with Crippen LogP contribution in [0.4, 0.5) is 0 Å². The van der Waals surface area contributed by atoms with Crippen LogP contribution < -0.4 is 4.74 Å². The highest BCUT2D eigenvalue weighted by Gasteiger charge is 2.65. The molecule has 0 aromatic heterocycles. The number of Topliss-reactive ketones (excluding diaryl/α,β-unsaturated/α-hetero) is 1. The summed E-state index contributed by atoms with van der Waals surface area (Å²) < 4.78 is 5.57. The minimum absolute atomic E-state index is 0.0479. The Kier molecular flexibility index (Phi) is 3.48. The number of fused-ring (bicyclic) bond motifs is 1. The number of nitrogens with zero attached hydrogens (tertiary/aromatic N) is 1. The molecule has 1 aromatic rings. The highest BCUT2D eigenvalue weighted by molar-refractivity contribution is 5.83. The molecule has 1 aromatic carbocycles. The summed E-state index contributed by atoms with van der Waals surface area (Å²) in [7, 11) is 1.56. The maximum Gasteiger partial charge on any atom is 0.164 e. The fourth-order valence-electron chi connectivity index (χ4n) is 6.03. The number of ketones is 1. The second-order valence-electron chi connectivity index (χ2n) is 8.78. The summed E-state index contributed by atoms with van der Waals surface area (Å²) in [5, 5.41) is 22.4. The minimum Gasteiger partial charge on any atom is -0.504 e. The van der Waals surface area contributed by atoms with Crippen LogP contribution in [0.15, 0.2) is 12.1 Å². The zero-order valence-electron chi connectivity index (χ0n) is 15.3. The van der Waals surface area contributed by atoms with Gasteiger partial charge in [0.05, 0.1) is 12.7 Å². The highest BCUT2D eigenvalue weighted by Crippen LogP contribution is 2.60. The van der Waals surface area contributed by atoms with E-state index in [4.69, 9.17) is 4.74 Å². The van der Waals surface area contributed by atoms with E-state index in [1.54, 1.807) is 13.2 Å². The lowest BCUT2D eigenvalue weighted by Crippen LogP contribution is -2.73. The molecular formula is C21H27NO4. The van der Waals surface area contributed by atoms with Gasteiger partial charge >= 0.3 is 0 Å². The van der Waals surface area contributed by atoms with Crippen molar-refractivity contribution in [3.8, 4) is 11.5 Å². The highest BCUT2D eigenvalue weighted by atomic mass is 16.5. The molecule has 5 rings (SSSR count). The summed E-state index contributed by atoms with van der Waals surface area (Å²) in [5.41, 5.74) is 0.440. The van der Waals surface area contributed by atoms with Crippen LogP contribution in [-0.2, 0) is 16.6 Å². The maximum atomic E-state index is 12.5. The van der Waals surface area contributed by atoms with Gasteiger partial charge in [-0.25, -0.2) is 0 Å². The van der Waals surface area contributed by atoms with E-state index in [0.717, 1.165) is 43.0 Å². The average Bonchev–Trinajstić information content (AvgIpc) is 3.42. The number of carbonyl (C=O) groups is 1. The van der Waals surface area contributed by atoms with Gasteiger partial charge in [0, 0.05) is 36.4 Å². The Labute approximate surface area is 154 Å². The van der Waals surface area contributed by atoms with Gasteiger partial charge in [-0.05, 0) is 56.2 Å². The first-order chi connectivity index (χ1) is 12.5. The van der Waals surface area contributed by atoms with Crippen LogP contribution in [-0.4, -0.2) is 52.7 Å². The molecule has 5 nitrogen and oxygen atoms in total. The molecule has 26 heavy (non-hydrogen) atoms. The van der Waals surface area contributed by atoms with Gasteiger partial charge in [-0.2, -0.15) is 0 Å². The smallest absolute Gasteiger partial charge is 0.164 e. The lowest BCUT2D eigenvalue weighted by molar-refractivity contribution is -0.173. The van der Waals surface area contributed by atoms with Crippen LogP contribution in [0.3, 0.4) is 0 Å². The van der Waals surface area contributed by atoms with Gasteiger partial charge in [0.2, 0.25) is 0 Å². The third kappa shape index (κ3) is 2.07. The summed E-state index contributed by atoms with van der Waals surface area (Å²) >= 11 is 0. The SMILES string of the molecule is COc1c(O)ccc2c1[C@]13CCN(CC4CC4)[C@@H](C2)[C@]1(O)CCC(=O)C3. The lowest BCUT2D eigenvalue weighted by Gasteiger charge is -2.63. The molecule has 3 fully saturated rings. The molecule has 1 heterocycles. The van der Waals surface area contributed by atoms with E-state index >= 15 is 0 Å². The van der Waals surface area contributed by atoms with E-state index in [-0.39, 0.29) is 17.6 Å². The van der Waals surface area contributed by atoms with Crippen molar-refractivity contribution in [1.29, 1.82) is 0 Å². The number of phenols is 1. The zero-order chi connectivity index (χ0) is 18.1. The number of carbonyl (C=O) groups excluding carboxylic acids is 1. The van der Waals surface area contributed by atoms with Crippen LogP contribution in [0, 0.1) is 5.92 Å². The monoisotopic (exact) mass is 357 g/mol. The predicted molar refractivity (Wildman–Crippen MR) is 96.6 cm³/mol. The number of hydrogen-bond acceptors (Lipinski definition) is 5. The lowest BCUT2D eigenvalue weighted by atomic mass is 9.49. The molecule has 0 radical (unpaired) electrons. The Balaban J connectivity index is 1.70. The number of rotatable bonds is 3. The molecule has 3 atom stereocenters. The molecule has 2 N–H and O–H groups in total. The van der Waals surface area contributed by atoms with Crippen molar-refractivity contribution in [3.05, 3.63) is 23.3 Å². The molecule has 1 saturated heterocycles. The number of ether oxygens (including phenoxy) is 1. The first-order valence-electron chi connectivity index (χ1n) is 9.86. The number of hydrogen-bond donors (Lipinski definition) is 2. The third-order valence-electron chi connectivity index (χ3n) is 7.44. The van der Waals surface area contributed by atoms with Gasteiger partial charge in [0.25, 0.3) is 0 Å². The molecule has 1 aliphatic heterocycles. The van der Waals surface area contributed by atoms with Crippen LogP contribution in [0.5, 0.6) is 11.5 Å². The standard InChI is InChI=1S/C21H27NO4/c1-26-19-16(24)5-4-14-10-17-21(25)7-6-15(23)11-20(21,18(14)19)8-9-22(17)12-13-2-3-13/h4-5,13,17,24-25H,2-3,6-12H2,1H3/t17-,20+,21+/m0/s1. The summed E-state index contributed by atoms with van der Waals surface area (Å²) in [4.78, 5) is 15.0. The Morgan fingerprint density at radius 1 is 1.31 bits per heavy atom. The normalized spacial score (nSPS) is 36.4. The van der Waals surface area contributed by atoms with Crippen LogP contribution in [0.1, 0.15) is 49.7 Å². The maximum absolute atomic E-state index is 12.5. The first kappa shape index (κ1) is 16.6. The van der Waals surface area contributed by atoms with Crippen molar-refractivity contribution in [2.45, 2.75) is 62.0 Å². The quantitative estimate of drug-likeness (QED) is 0.868. The fourth-order valence-corrected chi connectivity index (χ4v) is 6.03. The van der Waals surface area contributed by atoms with Gasteiger partial charge < -0.3 is 14.9 Å². The largest absolute Gasteiger partial charge is 0.504 e. The first-order valence-corrected chi connectivity index (χ1v) is 9.86. The Morgan fingerprint density at radius 2 is 2.12 bits per heavy atom. The third-order valence-corrected chi connectivity index (χ3v) is 7.44. The van der Waals surface area contributed by atoms with E-state index in [1.807, 2.05) is 6.07 Å². The number of phenolic OH excluding ortho intramolecular Hbond substituents is 1. The van der Waals surface area contributed by atoms with Gasteiger partial charge in [-0.3, -0.25) is 9.69 Å². The molecule has 0 amide bonds. The van der Waals surface area contributed by atoms with Crippen LogP contribution in [0.25, 0.3) is 0 Å². The zero-order valence-corrected chi connectivity index (χ0v) is 15.3. The second kappa shape index (κ2) is 5.46. The molecule has 5 heteroatoms. The van der Waals surface area contributed by atoms with Gasteiger partial charge in [0.1, 0.15) is 5.78 Å². The molecular weight excluding hydrogens is 330 g/mol. The molecule has 2 saturated carbocycles. The van der Waals surface area contributed by atoms with Gasteiger partial charge in [-0.15, -0.1) is 0 Å². The summed E-state index contributed by atoms with van der Waals surface area (Å²) in [5.74, 6) is 1.53. The van der Waals surface area contributed by atoms with E-state index in [1.165, 1.54) is 12.8 Å². The Morgan fingerprint density at radius 3 is 2.85 bits per heavy atom. The number of aromatic hydroxyl groups is 1. The van der Waals surface area contributed by atoms with Crippen LogP contribution in [0.2, 0.25) is 0 Å². The Bertz CT molecular complexity index is 774. The minimum atomic E-state index is -0.928. The average molecular weight is 357 g/mol. The molecule has 4 aliphatic rings. The number of likely N-dealkylation sites (tertiary alicyclic amines) is 1. The molecule has 3 aliphatic carbocycles. The predicted octanol–water partition coefficient (Wildman–Crippen LogP) is 2.16. The topological polar surface area (TPSA) is 70.0 Å². The van der Waals surface area contributed by atoms with Gasteiger partial charge in [0.15, 0.2) is 11.5 Å². The van der Waals surface area contributed by atoms with Crippen molar-refractivity contribution in [2.24, 2.45) is 5.92 Å². The van der Waals surface area contributed by atoms with E-state index in [2.05, 4.69) is 4.90 Å². The second-order valence-corrected chi connectivity index (χ2v) is 8.78. The molecule has 2 bridgehead atoms. The van der Waals surface area contributed by atoms with E-state index < -0.39 is 11.0 Å². The number of benzene rings is 1. The van der Waals surface area contributed by atoms with Crippen molar-refractivity contribution < 1.29 is 19.7 Å².